The molecule has 96 valence electrons. The summed E-state index contributed by atoms with van der Waals surface area (Å²) in [7, 11) is -2.22. The molecule has 0 amide bonds. The maximum atomic E-state index is 12.1. The van der Waals surface area contributed by atoms with Crippen molar-refractivity contribution in [3.63, 3.8) is 0 Å². The molecule has 0 atom stereocenters. The number of nitrogen functional groups attached to an aromatic ring is 1. The molecule has 18 heavy (non-hydrogen) atoms. The Morgan fingerprint density at radius 1 is 1.39 bits per heavy atom. The van der Waals surface area contributed by atoms with Gasteiger partial charge in [-0.1, -0.05) is 11.2 Å². The van der Waals surface area contributed by atoms with Crippen LogP contribution in [0.5, 0.6) is 0 Å². The zero-order valence-electron chi connectivity index (χ0n) is 9.82. The van der Waals surface area contributed by atoms with Crippen molar-refractivity contribution in [2.75, 3.05) is 10.5 Å². The van der Waals surface area contributed by atoms with Gasteiger partial charge in [0.05, 0.1) is 11.9 Å². The van der Waals surface area contributed by atoms with Crippen LogP contribution < -0.4 is 10.5 Å². The topological polar surface area (TPSA) is 116 Å². The van der Waals surface area contributed by atoms with E-state index in [9.17, 15) is 8.42 Å². The molecule has 1 heterocycles. The highest BCUT2D eigenvalue weighted by Crippen LogP contribution is 2.19. The predicted octanol–water partition coefficient (Wildman–Crippen LogP) is -0.0985. The van der Waals surface area contributed by atoms with Gasteiger partial charge < -0.3 is 5.73 Å². The van der Waals surface area contributed by atoms with E-state index >= 15 is 0 Å². The van der Waals surface area contributed by atoms with E-state index in [1.54, 1.807) is 19.1 Å². The van der Waals surface area contributed by atoms with Crippen molar-refractivity contribution >= 4 is 21.7 Å². The van der Waals surface area contributed by atoms with Crippen LogP contribution in [0, 0.1) is 6.92 Å². The Labute approximate surface area is 104 Å². The minimum absolute atomic E-state index is 0.0840. The summed E-state index contributed by atoms with van der Waals surface area (Å²) in [6.07, 6.45) is 0. The summed E-state index contributed by atoms with van der Waals surface area (Å²) in [5, 5.41) is 10.8. The van der Waals surface area contributed by atoms with Gasteiger partial charge in [-0.15, -0.1) is 5.10 Å². The number of tetrazole rings is 1. The molecule has 0 spiro atoms. The maximum Gasteiger partial charge on any atom is 0.277 e. The Bertz CT molecular complexity index is 678. The second-order valence-electron chi connectivity index (χ2n) is 3.73. The molecule has 0 unspecified atom stereocenters. The van der Waals surface area contributed by atoms with E-state index in [1.165, 1.54) is 13.1 Å². The van der Waals surface area contributed by atoms with Gasteiger partial charge >= 0.3 is 0 Å². The quantitative estimate of drug-likeness (QED) is 0.751. The number of benzene rings is 1. The smallest absolute Gasteiger partial charge is 0.277 e. The lowest BCUT2D eigenvalue weighted by Crippen LogP contribution is -2.15. The third kappa shape index (κ3) is 2.40. The minimum Gasteiger partial charge on any atom is -0.399 e. The number of aryl methyl sites for hydroxylation is 2. The number of nitrogens with zero attached hydrogens (tertiary/aromatic N) is 4. The van der Waals surface area contributed by atoms with E-state index in [0.29, 0.717) is 11.3 Å². The van der Waals surface area contributed by atoms with Crippen molar-refractivity contribution in [3.8, 4) is 0 Å². The lowest BCUT2D eigenvalue weighted by Gasteiger charge is -2.08. The van der Waals surface area contributed by atoms with Gasteiger partial charge in [-0.05, 0) is 29.8 Å². The minimum atomic E-state index is -3.76. The SMILES string of the molecule is Cc1ccc(N)cc1S(=O)(=O)Nc1nnn(C)n1. The fraction of sp³-hybridized carbons (Fsp3) is 0.222. The Balaban J connectivity index is 2.39. The molecule has 0 radical (unpaired) electrons. The van der Waals surface area contributed by atoms with Crippen molar-refractivity contribution in [3.05, 3.63) is 23.8 Å². The van der Waals surface area contributed by atoms with Crippen LogP contribution in [-0.4, -0.2) is 28.6 Å². The summed E-state index contributed by atoms with van der Waals surface area (Å²) in [5.74, 6) is -0.0840. The van der Waals surface area contributed by atoms with Crippen molar-refractivity contribution in [2.24, 2.45) is 7.05 Å². The van der Waals surface area contributed by atoms with Crippen molar-refractivity contribution in [1.29, 1.82) is 0 Å². The molecule has 0 aliphatic heterocycles. The fourth-order valence-electron chi connectivity index (χ4n) is 1.41. The third-order valence-corrected chi connectivity index (χ3v) is 3.71. The van der Waals surface area contributed by atoms with Crippen LogP contribution in [0.15, 0.2) is 23.1 Å². The molecule has 9 heteroatoms. The van der Waals surface area contributed by atoms with Crippen LogP contribution in [0.25, 0.3) is 0 Å². The van der Waals surface area contributed by atoms with Gasteiger partial charge in [-0.2, -0.15) is 4.80 Å². The molecule has 8 nitrogen and oxygen atoms in total. The van der Waals surface area contributed by atoms with E-state index in [0.717, 1.165) is 4.80 Å². The van der Waals surface area contributed by atoms with Crippen LogP contribution >= 0.6 is 0 Å². The van der Waals surface area contributed by atoms with Gasteiger partial charge in [-0.3, -0.25) is 0 Å². The van der Waals surface area contributed by atoms with Crippen LogP contribution in [0.4, 0.5) is 11.6 Å². The monoisotopic (exact) mass is 268 g/mol. The molecule has 0 saturated heterocycles. The molecule has 2 aromatic rings. The molecule has 0 aliphatic rings. The molecule has 0 bridgehead atoms. The summed E-state index contributed by atoms with van der Waals surface area (Å²) in [6, 6.07) is 4.65. The highest BCUT2D eigenvalue weighted by molar-refractivity contribution is 7.92. The molecule has 0 aliphatic carbocycles. The highest BCUT2D eigenvalue weighted by atomic mass is 32.2. The number of hydrogen-bond acceptors (Lipinski definition) is 6. The Morgan fingerprint density at radius 2 is 2.11 bits per heavy atom. The zero-order valence-corrected chi connectivity index (χ0v) is 10.6. The first kappa shape index (κ1) is 12.3. The van der Waals surface area contributed by atoms with Gasteiger partial charge in [-0.25, -0.2) is 13.1 Å². The predicted molar refractivity (Wildman–Crippen MR) is 65.2 cm³/mol. The number of sulfonamides is 1. The highest BCUT2D eigenvalue weighted by Gasteiger charge is 2.19. The normalized spacial score (nSPS) is 11.4. The van der Waals surface area contributed by atoms with Gasteiger partial charge in [0.2, 0.25) is 0 Å². The number of hydrogen-bond donors (Lipinski definition) is 2. The second kappa shape index (κ2) is 4.26. The number of nitrogens with two attached hydrogens (primary N) is 1. The first-order chi connectivity index (χ1) is 8.38. The first-order valence-electron chi connectivity index (χ1n) is 5.01. The molecule has 0 saturated carbocycles. The Kier molecular flexibility index (Phi) is 2.91. The Morgan fingerprint density at radius 3 is 2.72 bits per heavy atom. The number of rotatable bonds is 3. The van der Waals surface area contributed by atoms with E-state index in [1.807, 2.05) is 0 Å². The molecule has 0 fully saturated rings. The fourth-order valence-corrected chi connectivity index (χ4v) is 2.62. The zero-order chi connectivity index (χ0) is 13.3. The lowest BCUT2D eigenvalue weighted by molar-refractivity contribution is 0.600. The first-order valence-corrected chi connectivity index (χ1v) is 6.50. The molecule has 1 aromatic heterocycles. The molecule has 1 aromatic carbocycles. The summed E-state index contributed by atoms with van der Waals surface area (Å²) in [6.45, 7) is 1.68. The van der Waals surface area contributed by atoms with Gasteiger partial charge in [0.25, 0.3) is 16.0 Å². The third-order valence-electron chi connectivity index (χ3n) is 2.24. The largest absolute Gasteiger partial charge is 0.399 e. The van der Waals surface area contributed by atoms with Gasteiger partial charge in [0.15, 0.2) is 0 Å². The summed E-state index contributed by atoms with van der Waals surface area (Å²) >= 11 is 0. The van der Waals surface area contributed by atoms with Crippen molar-refractivity contribution in [1.82, 2.24) is 20.2 Å². The Hall–Kier alpha value is -2.16. The lowest BCUT2D eigenvalue weighted by atomic mass is 10.2. The molecular formula is C9H12N6O2S. The van der Waals surface area contributed by atoms with E-state index in [4.69, 9.17) is 5.73 Å². The molecule has 3 N–H and O–H groups in total. The number of aromatic nitrogens is 4. The van der Waals surface area contributed by atoms with E-state index < -0.39 is 10.0 Å². The van der Waals surface area contributed by atoms with Gasteiger partial charge in [0.1, 0.15) is 0 Å². The standard InChI is InChI=1S/C9H12N6O2S/c1-6-3-4-7(10)5-8(6)18(16,17)13-9-11-14-15(2)12-9/h3-5H,10H2,1-2H3,(H,12,13). The van der Waals surface area contributed by atoms with Crippen molar-refractivity contribution in [2.45, 2.75) is 11.8 Å². The van der Waals surface area contributed by atoms with Crippen LogP contribution in [0.1, 0.15) is 5.56 Å². The summed E-state index contributed by atoms with van der Waals surface area (Å²) in [4.78, 5) is 1.25. The van der Waals surface area contributed by atoms with Crippen molar-refractivity contribution < 1.29 is 8.42 Å². The van der Waals surface area contributed by atoms with Crippen LogP contribution in [-0.2, 0) is 17.1 Å². The van der Waals surface area contributed by atoms with Crippen LogP contribution in [0.3, 0.4) is 0 Å². The average molecular weight is 268 g/mol. The number of nitrogens with one attached hydrogen (secondary N) is 1. The molecular weight excluding hydrogens is 256 g/mol. The number of anilines is 2. The second-order valence-corrected chi connectivity index (χ2v) is 5.38. The average Bonchev–Trinajstić information content (AvgIpc) is 2.66. The van der Waals surface area contributed by atoms with E-state index in [2.05, 4.69) is 20.1 Å². The summed E-state index contributed by atoms with van der Waals surface area (Å²) < 4.78 is 26.4. The van der Waals surface area contributed by atoms with Crippen LogP contribution in [0.2, 0.25) is 0 Å². The summed E-state index contributed by atoms with van der Waals surface area (Å²) in [5.41, 5.74) is 6.53. The van der Waals surface area contributed by atoms with Gasteiger partial charge in [0, 0.05) is 5.69 Å². The maximum absolute atomic E-state index is 12.1. The molecule has 2 rings (SSSR count). The van der Waals surface area contributed by atoms with E-state index in [-0.39, 0.29) is 10.8 Å².